The molecule has 0 bridgehead atoms. The Labute approximate surface area is 111 Å². The van der Waals surface area contributed by atoms with Gasteiger partial charge in [-0.1, -0.05) is 11.8 Å². The van der Waals surface area contributed by atoms with E-state index in [4.69, 9.17) is 10.5 Å². The third-order valence-electron chi connectivity index (χ3n) is 2.41. The lowest BCUT2D eigenvalue weighted by molar-refractivity contribution is 0.286. The molecule has 0 aliphatic rings. The number of nitrogens with two attached hydrogens (primary N) is 1. The molecule has 98 valence electrons. The Morgan fingerprint density at radius 3 is 3.11 bits per heavy atom. The van der Waals surface area contributed by atoms with Crippen molar-refractivity contribution in [3.05, 3.63) is 36.2 Å². The highest BCUT2D eigenvalue weighted by atomic mass is 16.5. The van der Waals surface area contributed by atoms with Gasteiger partial charge in [0.15, 0.2) is 5.82 Å². The summed E-state index contributed by atoms with van der Waals surface area (Å²) in [6.07, 6.45) is 4.83. The minimum Gasteiger partial charge on any atom is -0.484 e. The van der Waals surface area contributed by atoms with Crippen LogP contribution in [0, 0.1) is 11.8 Å². The van der Waals surface area contributed by atoms with Crippen LogP contribution in [0.4, 0.5) is 0 Å². The Balaban J connectivity index is 2.03. The average molecular weight is 257 g/mol. The topological polar surface area (TPSA) is 78.8 Å². The first-order chi connectivity index (χ1) is 9.33. The Kier molecular flexibility index (Phi) is 4.48. The maximum atomic E-state index is 5.63. The summed E-state index contributed by atoms with van der Waals surface area (Å²) in [4.78, 5) is 8.20. The fourth-order valence-electron chi connectivity index (χ4n) is 1.53. The van der Waals surface area contributed by atoms with Gasteiger partial charge in [-0.2, -0.15) is 5.10 Å². The molecule has 2 N–H and O–H groups in total. The van der Waals surface area contributed by atoms with E-state index in [9.17, 15) is 0 Å². The van der Waals surface area contributed by atoms with Crippen molar-refractivity contribution in [2.75, 3.05) is 6.54 Å². The second-order valence-electron chi connectivity index (χ2n) is 3.70. The SMILES string of the molecule is CCn1ncnc1COc1cncc(C#CCN)c1. The zero-order valence-electron chi connectivity index (χ0n) is 10.7. The first-order valence-electron chi connectivity index (χ1n) is 5.97. The van der Waals surface area contributed by atoms with Crippen LogP contribution in [0.3, 0.4) is 0 Å². The van der Waals surface area contributed by atoms with E-state index in [1.165, 1.54) is 6.33 Å². The molecule has 0 spiro atoms. The number of hydrogen-bond donors (Lipinski definition) is 1. The molecule has 2 heterocycles. The highest BCUT2D eigenvalue weighted by molar-refractivity contribution is 5.36. The molecule has 0 aromatic carbocycles. The molecular formula is C13H15N5O. The summed E-state index contributed by atoms with van der Waals surface area (Å²) in [6.45, 7) is 3.44. The van der Waals surface area contributed by atoms with Crippen molar-refractivity contribution in [1.82, 2.24) is 19.7 Å². The monoisotopic (exact) mass is 257 g/mol. The van der Waals surface area contributed by atoms with Crippen molar-refractivity contribution in [3.8, 4) is 17.6 Å². The Bertz CT molecular complexity index is 596. The zero-order chi connectivity index (χ0) is 13.5. The Hall–Kier alpha value is -2.39. The molecule has 6 nitrogen and oxygen atoms in total. The first-order valence-corrected chi connectivity index (χ1v) is 5.97. The molecule has 0 saturated carbocycles. The molecule has 0 atom stereocenters. The quantitative estimate of drug-likeness (QED) is 0.811. The van der Waals surface area contributed by atoms with Gasteiger partial charge in [-0.05, 0) is 13.0 Å². The fourth-order valence-corrected chi connectivity index (χ4v) is 1.53. The number of hydrogen-bond acceptors (Lipinski definition) is 5. The Morgan fingerprint density at radius 1 is 1.42 bits per heavy atom. The summed E-state index contributed by atoms with van der Waals surface area (Å²) in [5.41, 5.74) is 6.10. The van der Waals surface area contributed by atoms with Crippen LogP contribution in [0.25, 0.3) is 0 Å². The van der Waals surface area contributed by atoms with E-state index < -0.39 is 0 Å². The summed E-state index contributed by atoms with van der Waals surface area (Å²) >= 11 is 0. The summed E-state index contributed by atoms with van der Waals surface area (Å²) in [6, 6.07) is 1.82. The predicted octanol–water partition coefficient (Wildman–Crippen LogP) is 0.582. The molecule has 2 aromatic rings. The number of pyridine rings is 1. The molecule has 0 aliphatic carbocycles. The second kappa shape index (κ2) is 6.52. The summed E-state index contributed by atoms with van der Waals surface area (Å²) < 4.78 is 7.41. The summed E-state index contributed by atoms with van der Waals surface area (Å²) in [5.74, 6) is 7.11. The molecule has 2 rings (SSSR count). The van der Waals surface area contributed by atoms with Gasteiger partial charge in [0.2, 0.25) is 0 Å². The van der Waals surface area contributed by atoms with Crippen LogP contribution in [0.2, 0.25) is 0 Å². The number of ether oxygens (including phenoxy) is 1. The molecule has 19 heavy (non-hydrogen) atoms. The molecule has 0 aliphatic heterocycles. The van der Waals surface area contributed by atoms with E-state index in [1.807, 2.05) is 13.0 Å². The maximum Gasteiger partial charge on any atom is 0.164 e. The van der Waals surface area contributed by atoms with Crippen LogP contribution < -0.4 is 10.5 Å². The van der Waals surface area contributed by atoms with Gasteiger partial charge in [0.1, 0.15) is 18.7 Å². The largest absolute Gasteiger partial charge is 0.484 e. The predicted molar refractivity (Wildman–Crippen MR) is 70.2 cm³/mol. The third-order valence-corrected chi connectivity index (χ3v) is 2.41. The lowest BCUT2D eigenvalue weighted by Crippen LogP contribution is -2.07. The number of rotatable bonds is 4. The summed E-state index contributed by atoms with van der Waals surface area (Å²) in [7, 11) is 0. The number of aryl methyl sites for hydroxylation is 1. The molecule has 2 aromatic heterocycles. The lowest BCUT2D eigenvalue weighted by atomic mass is 10.3. The first kappa shape index (κ1) is 13.1. The Morgan fingerprint density at radius 2 is 2.32 bits per heavy atom. The minimum atomic E-state index is 0.324. The van der Waals surface area contributed by atoms with Crippen molar-refractivity contribution >= 4 is 0 Å². The van der Waals surface area contributed by atoms with Crippen molar-refractivity contribution in [1.29, 1.82) is 0 Å². The molecule has 0 fully saturated rings. The van der Waals surface area contributed by atoms with Crippen LogP contribution in [-0.4, -0.2) is 26.3 Å². The summed E-state index contributed by atoms with van der Waals surface area (Å²) in [5, 5.41) is 4.08. The highest BCUT2D eigenvalue weighted by Crippen LogP contribution is 2.12. The number of aromatic nitrogens is 4. The van der Waals surface area contributed by atoms with Crippen LogP contribution in [-0.2, 0) is 13.2 Å². The fraction of sp³-hybridized carbons (Fsp3) is 0.308. The van der Waals surface area contributed by atoms with E-state index >= 15 is 0 Å². The van der Waals surface area contributed by atoms with Gasteiger partial charge in [0.25, 0.3) is 0 Å². The minimum absolute atomic E-state index is 0.324. The third kappa shape index (κ3) is 3.53. The molecule has 0 amide bonds. The van der Waals surface area contributed by atoms with Crippen molar-refractivity contribution in [2.24, 2.45) is 5.73 Å². The standard InChI is InChI=1S/C13H15N5O/c1-2-18-13(16-10-17-18)9-19-12-6-11(4-3-5-14)7-15-8-12/h6-8,10H,2,5,9,14H2,1H3. The van der Waals surface area contributed by atoms with Crippen molar-refractivity contribution in [2.45, 2.75) is 20.1 Å². The van der Waals surface area contributed by atoms with Crippen LogP contribution in [0.15, 0.2) is 24.8 Å². The van der Waals surface area contributed by atoms with Crippen LogP contribution in [0.1, 0.15) is 18.3 Å². The second-order valence-corrected chi connectivity index (χ2v) is 3.70. The van der Waals surface area contributed by atoms with Gasteiger partial charge in [0, 0.05) is 18.3 Å². The molecule has 0 radical (unpaired) electrons. The van der Waals surface area contributed by atoms with E-state index in [1.54, 1.807) is 17.1 Å². The molecule has 0 unspecified atom stereocenters. The zero-order valence-corrected chi connectivity index (χ0v) is 10.7. The van der Waals surface area contributed by atoms with Gasteiger partial charge in [0.05, 0.1) is 12.7 Å². The molecule has 6 heteroatoms. The van der Waals surface area contributed by atoms with Crippen LogP contribution >= 0.6 is 0 Å². The van der Waals surface area contributed by atoms with Crippen molar-refractivity contribution in [3.63, 3.8) is 0 Å². The van der Waals surface area contributed by atoms with E-state index in [2.05, 4.69) is 26.9 Å². The van der Waals surface area contributed by atoms with Gasteiger partial charge in [-0.15, -0.1) is 0 Å². The average Bonchev–Trinajstić information content (AvgIpc) is 2.91. The van der Waals surface area contributed by atoms with Gasteiger partial charge < -0.3 is 10.5 Å². The maximum absolute atomic E-state index is 5.63. The van der Waals surface area contributed by atoms with Gasteiger partial charge >= 0.3 is 0 Å². The van der Waals surface area contributed by atoms with Gasteiger partial charge in [-0.3, -0.25) is 4.98 Å². The number of nitrogens with zero attached hydrogens (tertiary/aromatic N) is 4. The van der Waals surface area contributed by atoms with Crippen molar-refractivity contribution < 1.29 is 4.74 Å². The smallest absolute Gasteiger partial charge is 0.164 e. The van der Waals surface area contributed by atoms with Crippen LogP contribution in [0.5, 0.6) is 5.75 Å². The molecular weight excluding hydrogens is 242 g/mol. The molecule has 0 saturated heterocycles. The normalized spacial score (nSPS) is 9.79. The van der Waals surface area contributed by atoms with E-state index in [-0.39, 0.29) is 0 Å². The highest BCUT2D eigenvalue weighted by Gasteiger charge is 2.04. The van der Waals surface area contributed by atoms with Gasteiger partial charge in [-0.25, -0.2) is 9.67 Å². The van der Waals surface area contributed by atoms with E-state index in [0.29, 0.717) is 18.9 Å². The lowest BCUT2D eigenvalue weighted by Gasteiger charge is -2.06. The van der Waals surface area contributed by atoms with E-state index in [0.717, 1.165) is 17.9 Å².